The maximum absolute atomic E-state index is 12.0. The first-order valence-corrected chi connectivity index (χ1v) is 7.96. The Morgan fingerprint density at radius 2 is 1.44 bits per heavy atom. The van der Waals surface area contributed by atoms with E-state index < -0.39 is 5.97 Å². The van der Waals surface area contributed by atoms with Crippen LogP contribution in [0.4, 0.5) is 0 Å². The molecule has 2 aromatic rings. The number of hydrogen-bond donors (Lipinski definition) is 1. The van der Waals surface area contributed by atoms with Gasteiger partial charge in [0.25, 0.3) is 5.91 Å². The largest absolute Gasteiger partial charge is 0.494 e. The summed E-state index contributed by atoms with van der Waals surface area (Å²) in [5.41, 5.74) is 0.867. The van der Waals surface area contributed by atoms with Crippen molar-refractivity contribution in [3.05, 3.63) is 59.7 Å². The molecule has 0 bridgehead atoms. The van der Waals surface area contributed by atoms with Crippen LogP contribution in [0.3, 0.4) is 0 Å². The van der Waals surface area contributed by atoms with E-state index in [0.29, 0.717) is 36.6 Å². The summed E-state index contributed by atoms with van der Waals surface area (Å²) in [5.74, 6) is 0.834. The first kappa shape index (κ1) is 18.3. The molecule has 0 atom stereocenters. The van der Waals surface area contributed by atoms with Crippen LogP contribution < -0.4 is 14.8 Å². The van der Waals surface area contributed by atoms with Crippen molar-refractivity contribution in [2.75, 3.05) is 26.9 Å². The third-order valence-corrected chi connectivity index (χ3v) is 3.36. The van der Waals surface area contributed by atoms with E-state index in [-0.39, 0.29) is 5.91 Å². The molecule has 25 heavy (non-hydrogen) atoms. The summed E-state index contributed by atoms with van der Waals surface area (Å²) in [5, 5.41) is 2.76. The molecule has 2 rings (SSSR count). The Labute approximate surface area is 146 Å². The van der Waals surface area contributed by atoms with E-state index in [1.54, 1.807) is 24.3 Å². The summed E-state index contributed by atoms with van der Waals surface area (Å²) in [6, 6.07) is 13.6. The van der Waals surface area contributed by atoms with Gasteiger partial charge in [-0.25, -0.2) is 4.79 Å². The van der Waals surface area contributed by atoms with Gasteiger partial charge in [-0.1, -0.05) is 0 Å². The first-order valence-electron chi connectivity index (χ1n) is 7.96. The summed E-state index contributed by atoms with van der Waals surface area (Å²) in [6.07, 6.45) is 0. The van der Waals surface area contributed by atoms with Gasteiger partial charge in [-0.2, -0.15) is 0 Å². The van der Waals surface area contributed by atoms with Crippen molar-refractivity contribution >= 4 is 11.9 Å². The Bertz CT molecular complexity index is 695. The van der Waals surface area contributed by atoms with Gasteiger partial charge >= 0.3 is 5.97 Å². The minimum atomic E-state index is -0.435. The number of carbonyl (C=O) groups is 2. The maximum Gasteiger partial charge on any atom is 0.337 e. The molecule has 132 valence electrons. The van der Waals surface area contributed by atoms with E-state index in [2.05, 4.69) is 10.1 Å². The monoisotopic (exact) mass is 343 g/mol. The van der Waals surface area contributed by atoms with Crippen molar-refractivity contribution in [3.63, 3.8) is 0 Å². The average Bonchev–Trinajstić information content (AvgIpc) is 2.66. The van der Waals surface area contributed by atoms with Crippen LogP contribution in [0.1, 0.15) is 27.6 Å². The lowest BCUT2D eigenvalue weighted by atomic mass is 10.1. The van der Waals surface area contributed by atoms with Crippen molar-refractivity contribution in [1.82, 2.24) is 5.32 Å². The zero-order valence-corrected chi connectivity index (χ0v) is 14.3. The van der Waals surface area contributed by atoms with Crippen LogP contribution in [-0.2, 0) is 4.74 Å². The lowest BCUT2D eigenvalue weighted by Gasteiger charge is -2.09. The maximum atomic E-state index is 12.0. The topological polar surface area (TPSA) is 73.9 Å². The van der Waals surface area contributed by atoms with E-state index in [1.807, 2.05) is 31.2 Å². The van der Waals surface area contributed by atoms with E-state index in [4.69, 9.17) is 9.47 Å². The Hall–Kier alpha value is -3.02. The molecule has 1 N–H and O–H groups in total. The van der Waals surface area contributed by atoms with Crippen LogP contribution in [-0.4, -0.2) is 38.7 Å². The number of rotatable bonds is 8. The van der Waals surface area contributed by atoms with E-state index in [1.165, 1.54) is 7.11 Å². The highest BCUT2D eigenvalue weighted by Crippen LogP contribution is 2.17. The lowest BCUT2D eigenvalue weighted by molar-refractivity contribution is 0.0600. The molecule has 0 fully saturated rings. The molecule has 6 nitrogen and oxygen atoms in total. The third-order valence-electron chi connectivity index (χ3n) is 3.36. The molecule has 0 aliphatic rings. The summed E-state index contributed by atoms with van der Waals surface area (Å²) in [7, 11) is 1.31. The summed E-state index contributed by atoms with van der Waals surface area (Å²) < 4.78 is 15.5. The number of nitrogens with one attached hydrogen (secondary N) is 1. The van der Waals surface area contributed by atoms with Gasteiger partial charge in [0.05, 0.1) is 25.8 Å². The number of ether oxygens (including phenoxy) is 3. The minimum absolute atomic E-state index is 0.230. The summed E-state index contributed by atoms with van der Waals surface area (Å²) >= 11 is 0. The quantitative estimate of drug-likeness (QED) is 0.589. The second-order valence-electron chi connectivity index (χ2n) is 5.08. The standard InChI is InChI=1S/C19H21NO5/c1-3-24-16-8-10-17(11-9-16)25-13-12-20-18(21)14-4-6-15(7-5-14)19(22)23-2/h4-11H,3,12-13H2,1-2H3,(H,20,21). The fraction of sp³-hybridized carbons (Fsp3) is 0.263. The molecule has 6 heteroatoms. The van der Waals surface area contributed by atoms with Crippen LogP contribution >= 0.6 is 0 Å². The second kappa shape index (κ2) is 9.32. The van der Waals surface area contributed by atoms with Gasteiger partial charge < -0.3 is 19.5 Å². The van der Waals surface area contributed by atoms with Crippen molar-refractivity contribution in [1.29, 1.82) is 0 Å². The van der Waals surface area contributed by atoms with Gasteiger partial charge in [-0.05, 0) is 55.5 Å². The molecule has 0 saturated carbocycles. The zero-order valence-electron chi connectivity index (χ0n) is 14.3. The molecule has 0 saturated heterocycles. The fourth-order valence-electron chi connectivity index (χ4n) is 2.11. The predicted octanol–water partition coefficient (Wildman–Crippen LogP) is 2.68. The molecule has 1 amide bonds. The van der Waals surface area contributed by atoms with E-state index in [0.717, 1.165) is 5.75 Å². The SMILES string of the molecule is CCOc1ccc(OCCNC(=O)c2ccc(C(=O)OC)cc2)cc1. The van der Waals surface area contributed by atoms with Crippen LogP contribution in [0, 0.1) is 0 Å². The van der Waals surface area contributed by atoms with Crippen molar-refractivity contribution in [3.8, 4) is 11.5 Å². The molecule has 0 unspecified atom stereocenters. The smallest absolute Gasteiger partial charge is 0.337 e. The first-order chi connectivity index (χ1) is 12.1. The van der Waals surface area contributed by atoms with Crippen molar-refractivity contribution < 1.29 is 23.8 Å². The highest BCUT2D eigenvalue weighted by molar-refractivity contribution is 5.96. The molecule has 0 aliphatic carbocycles. The van der Waals surface area contributed by atoms with Gasteiger partial charge in [0.2, 0.25) is 0 Å². The Morgan fingerprint density at radius 3 is 2.00 bits per heavy atom. The van der Waals surface area contributed by atoms with Crippen molar-refractivity contribution in [2.45, 2.75) is 6.92 Å². The molecular weight excluding hydrogens is 322 g/mol. The number of amides is 1. The fourth-order valence-corrected chi connectivity index (χ4v) is 2.11. The van der Waals surface area contributed by atoms with Gasteiger partial charge in [-0.15, -0.1) is 0 Å². The molecule has 0 spiro atoms. The summed E-state index contributed by atoms with van der Waals surface area (Å²) in [6.45, 7) is 3.26. The van der Waals surface area contributed by atoms with E-state index >= 15 is 0 Å². The minimum Gasteiger partial charge on any atom is -0.494 e. The van der Waals surface area contributed by atoms with Crippen LogP contribution in [0.5, 0.6) is 11.5 Å². The lowest BCUT2D eigenvalue weighted by Crippen LogP contribution is -2.28. The summed E-state index contributed by atoms with van der Waals surface area (Å²) in [4.78, 5) is 23.4. The third kappa shape index (κ3) is 5.53. The number of methoxy groups -OCH3 is 1. The number of hydrogen-bond acceptors (Lipinski definition) is 5. The molecule has 0 heterocycles. The average molecular weight is 343 g/mol. The van der Waals surface area contributed by atoms with Gasteiger partial charge in [0.15, 0.2) is 0 Å². The Balaban J connectivity index is 1.75. The number of esters is 1. The molecular formula is C19H21NO5. The zero-order chi connectivity index (χ0) is 18.1. The number of benzene rings is 2. The van der Waals surface area contributed by atoms with Crippen LogP contribution in [0.25, 0.3) is 0 Å². The molecule has 0 aromatic heterocycles. The predicted molar refractivity (Wildman–Crippen MR) is 93.2 cm³/mol. The molecule has 0 aliphatic heterocycles. The highest BCUT2D eigenvalue weighted by Gasteiger charge is 2.08. The molecule has 0 radical (unpaired) electrons. The Morgan fingerprint density at radius 1 is 0.880 bits per heavy atom. The normalized spacial score (nSPS) is 10.0. The van der Waals surface area contributed by atoms with Gasteiger partial charge in [0, 0.05) is 5.56 Å². The van der Waals surface area contributed by atoms with Crippen LogP contribution in [0.2, 0.25) is 0 Å². The van der Waals surface area contributed by atoms with Crippen molar-refractivity contribution in [2.24, 2.45) is 0 Å². The number of carbonyl (C=O) groups excluding carboxylic acids is 2. The van der Waals surface area contributed by atoms with Gasteiger partial charge in [0.1, 0.15) is 18.1 Å². The second-order valence-corrected chi connectivity index (χ2v) is 5.08. The van der Waals surface area contributed by atoms with Gasteiger partial charge in [-0.3, -0.25) is 4.79 Å². The van der Waals surface area contributed by atoms with Crippen LogP contribution in [0.15, 0.2) is 48.5 Å². The Kier molecular flexibility index (Phi) is 6.83. The van der Waals surface area contributed by atoms with E-state index in [9.17, 15) is 9.59 Å². The highest BCUT2D eigenvalue weighted by atomic mass is 16.5. The molecule has 2 aromatic carbocycles.